The third kappa shape index (κ3) is 4.65. The molecular formula is C22H29N3O2. The van der Waals surface area contributed by atoms with E-state index < -0.39 is 0 Å². The fourth-order valence-electron chi connectivity index (χ4n) is 3.64. The number of hydrogen-bond acceptors (Lipinski definition) is 3. The second kappa shape index (κ2) is 8.51. The smallest absolute Gasteiger partial charge is 0.272 e. The molecule has 1 aliphatic carbocycles. The summed E-state index contributed by atoms with van der Waals surface area (Å²) >= 11 is 0. The molecule has 27 heavy (non-hydrogen) atoms. The van der Waals surface area contributed by atoms with Gasteiger partial charge in [0.1, 0.15) is 5.69 Å². The topological polar surface area (TPSA) is 64.0 Å². The van der Waals surface area contributed by atoms with Crippen molar-refractivity contribution in [2.24, 2.45) is 0 Å². The Bertz CT molecular complexity index is 941. The van der Waals surface area contributed by atoms with Crippen molar-refractivity contribution in [1.29, 1.82) is 0 Å². The fourth-order valence-corrected chi connectivity index (χ4v) is 3.64. The molecule has 1 amide bonds. The largest absolute Gasteiger partial charge is 0.356 e. The predicted molar refractivity (Wildman–Crippen MR) is 109 cm³/mol. The lowest BCUT2D eigenvalue weighted by molar-refractivity contribution is -0.121. The zero-order chi connectivity index (χ0) is 19.4. The molecule has 1 aromatic carbocycles. The van der Waals surface area contributed by atoms with Gasteiger partial charge in [-0.15, -0.1) is 0 Å². The van der Waals surface area contributed by atoms with Crippen LogP contribution in [0.5, 0.6) is 0 Å². The van der Waals surface area contributed by atoms with Crippen LogP contribution >= 0.6 is 0 Å². The van der Waals surface area contributed by atoms with Gasteiger partial charge in [0.2, 0.25) is 5.91 Å². The van der Waals surface area contributed by atoms with E-state index in [0.29, 0.717) is 25.2 Å². The molecule has 0 aliphatic heterocycles. The first-order valence-corrected chi connectivity index (χ1v) is 9.88. The number of nitrogens with one attached hydrogen (secondary N) is 1. The van der Waals surface area contributed by atoms with E-state index in [1.165, 1.54) is 24.8 Å². The van der Waals surface area contributed by atoms with Gasteiger partial charge in [-0.2, -0.15) is 0 Å². The van der Waals surface area contributed by atoms with Crippen LogP contribution in [0.4, 0.5) is 0 Å². The lowest BCUT2D eigenvalue weighted by Gasteiger charge is -2.14. The summed E-state index contributed by atoms with van der Waals surface area (Å²) in [5, 5.41) is 2.99. The molecular weight excluding hydrogens is 338 g/mol. The Morgan fingerprint density at radius 3 is 2.70 bits per heavy atom. The van der Waals surface area contributed by atoms with E-state index in [-0.39, 0.29) is 11.5 Å². The van der Waals surface area contributed by atoms with Crippen molar-refractivity contribution in [2.45, 2.75) is 65.8 Å². The average Bonchev–Trinajstić information content (AvgIpc) is 2.65. The Labute approximate surface area is 160 Å². The maximum absolute atomic E-state index is 12.6. The van der Waals surface area contributed by atoms with Crippen molar-refractivity contribution in [3.05, 3.63) is 51.0 Å². The molecule has 1 heterocycles. The number of fused-ring (bicyclic) bond motifs is 1. The highest BCUT2D eigenvalue weighted by atomic mass is 16.1. The van der Waals surface area contributed by atoms with E-state index in [1.807, 2.05) is 26.0 Å². The molecule has 1 N–H and O–H groups in total. The monoisotopic (exact) mass is 367 g/mol. The van der Waals surface area contributed by atoms with Crippen molar-refractivity contribution in [1.82, 2.24) is 14.9 Å². The van der Waals surface area contributed by atoms with Crippen LogP contribution in [0, 0.1) is 20.8 Å². The van der Waals surface area contributed by atoms with Crippen molar-refractivity contribution in [3.63, 3.8) is 0 Å². The molecule has 1 aliphatic rings. The first-order chi connectivity index (χ1) is 13.0. The van der Waals surface area contributed by atoms with Gasteiger partial charge < -0.3 is 9.88 Å². The Balaban J connectivity index is 1.66. The van der Waals surface area contributed by atoms with Gasteiger partial charge in [-0.05, 0) is 76.1 Å². The lowest BCUT2D eigenvalue weighted by Crippen LogP contribution is -2.29. The van der Waals surface area contributed by atoms with Crippen LogP contribution in [0.15, 0.2) is 28.6 Å². The summed E-state index contributed by atoms with van der Waals surface area (Å²) < 4.78 is 1.69. The second-order valence-electron chi connectivity index (χ2n) is 7.54. The molecule has 0 saturated carbocycles. The maximum atomic E-state index is 12.6. The zero-order valence-corrected chi connectivity index (χ0v) is 16.6. The highest BCUT2D eigenvalue weighted by molar-refractivity contribution is 5.78. The Hall–Kier alpha value is -2.43. The van der Waals surface area contributed by atoms with E-state index >= 15 is 0 Å². The van der Waals surface area contributed by atoms with E-state index in [9.17, 15) is 9.59 Å². The Morgan fingerprint density at radius 1 is 1.19 bits per heavy atom. The van der Waals surface area contributed by atoms with E-state index in [4.69, 9.17) is 0 Å². The molecule has 2 aromatic rings. The minimum atomic E-state index is -0.120. The molecule has 0 bridgehead atoms. The quantitative estimate of drug-likeness (QED) is 0.792. The molecule has 0 radical (unpaired) electrons. The number of benzene rings is 1. The number of carbonyl (C=O) groups excluding carboxylic acids is 1. The number of amides is 1. The Morgan fingerprint density at radius 2 is 1.96 bits per heavy atom. The number of nitrogens with zero attached hydrogens (tertiary/aromatic N) is 2. The number of carbonyl (C=O) groups is 1. The maximum Gasteiger partial charge on any atom is 0.272 e. The number of allylic oxidation sites excluding steroid dienone is 1. The van der Waals surface area contributed by atoms with Crippen LogP contribution in [0.2, 0.25) is 0 Å². The summed E-state index contributed by atoms with van der Waals surface area (Å²) in [5.41, 5.74) is 5.68. The minimum absolute atomic E-state index is 0.00948. The molecule has 1 aromatic heterocycles. The summed E-state index contributed by atoms with van der Waals surface area (Å²) in [7, 11) is 0. The molecule has 144 valence electrons. The number of aromatic nitrogens is 2. The average molecular weight is 367 g/mol. The molecule has 5 nitrogen and oxygen atoms in total. The van der Waals surface area contributed by atoms with Crippen LogP contribution in [0.3, 0.4) is 0 Å². The van der Waals surface area contributed by atoms with Crippen LogP contribution in [0.1, 0.15) is 55.3 Å². The molecule has 3 rings (SSSR count). The third-order valence-electron chi connectivity index (χ3n) is 5.44. The molecule has 5 heteroatoms. The van der Waals surface area contributed by atoms with Gasteiger partial charge in [0, 0.05) is 19.5 Å². The molecule has 0 saturated heterocycles. The first kappa shape index (κ1) is 19.3. The summed E-state index contributed by atoms with van der Waals surface area (Å²) in [4.78, 5) is 29.2. The van der Waals surface area contributed by atoms with Crippen molar-refractivity contribution < 1.29 is 4.79 Å². The van der Waals surface area contributed by atoms with Gasteiger partial charge in [0.25, 0.3) is 5.56 Å². The Kier molecular flexibility index (Phi) is 6.09. The van der Waals surface area contributed by atoms with Gasteiger partial charge >= 0.3 is 0 Å². The highest BCUT2D eigenvalue weighted by Gasteiger charge is 2.11. The molecule has 0 fully saturated rings. The van der Waals surface area contributed by atoms with Gasteiger partial charge in [-0.3, -0.25) is 9.59 Å². The third-order valence-corrected chi connectivity index (χ3v) is 5.44. The normalized spacial score (nSPS) is 14.3. The van der Waals surface area contributed by atoms with Crippen molar-refractivity contribution >= 4 is 16.9 Å². The first-order valence-electron chi connectivity index (χ1n) is 9.88. The van der Waals surface area contributed by atoms with Gasteiger partial charge in [0.15, 0.2) is 0 Å². The van der Waals surface area contributed by atoms with Crippen LogP contribution in [-0.4, -0.2) is 22.0 Å². The van der Waals surface area contributed by atoms with Gasteiger partial charge in [-0.25, -0.2) is 4.98 Å². The standard InChI is InChI=1S/C22H29N3O2/c1-15-13-19-20(14-16(15)2)25(22(27)17(3)24-19)12-10-21(26)23-11-9-18-7-5-4-6-8-18/h7,13-14H,4-6,8-12H2,1-3H3,(H,23,26). The van der Waals surface area contributed by atoms with Crippen LogP contribution in [0.25, 0.3) is 11.0 Å². The minimum Gasteiger partial charge on any atom is -0.356 e. The van der Waals surface area contributed by atoms with Crippen molar-refractivity contribution in [3.8, 4) is 0 Å². The zero-order valence-electron chi connectivity index (χ0n) is 16.6. The van der Waals surface area contributed by atoms with E-state index in [2.05, 4.69) is 16.4 Å². The van der Waals surface area contributed by atoms with E-state index in [1.54, 1.807) is 11.5 Å². The highest BCUT2D eigenvalue weighted by Crippen LogP contribution is 2.19. The van der Waals surface area contributed by atoms with Gasteiger partial charge in [-0.1, -0.05) is 11.6 Å². The molecule has 0 spiro atoms. The van der Waals surface area contributed by atoms with Crippen LogP contribution in [-0.2, 0) is 11.3 Å². The number of hydrogen-bond donors (Lipinski definition) is 1. The summed E-state index contributed by atoms with van der Waals surface area (Å²) in [5.74, 6) is -0.00948. The fraction of sp³-hybridized carbons (Fsp3) is 0.500. The SMILES string of the molecule is Cc1cc2nc(C)c(=O)n(CCC(=O)NCCC3=CCCCC3)c2cc1C. The molecule has 0 atom stereocenters. The predicted octanol–water partition coefficient (Wildman–Crippen LogP) is 3.72. The number of aryl methyl sites for hydroxylation is 4. The summed E-state index contributed by atoms with van der Waals surface area (Å²) in [6.45, 7) is 6.84. The van der Waals surface area contributed by atoms with E-state index in [0.717, 1.165) is 35.0 Å². The second-order valence-corrected chi connectivity index (χ2v) is 7.54. The molecule has 0 unspecified atom stereocenters. The van der Waals surface area contributed by atoms with Crippen LogP contribution < -0.4 is 10.9 Å². The van der Waals surface area contributed by atoms with Gasteiger partial charge in [0.05, 0.1) is 11.0 Å². The van der Waals surface area contributed by atoms with Crippen molar-refractivity contribution in [2.75, 3.05) is 6.54 Å². The summed E-state index contributed by atoms with van der Waals surface area (Å²) in [6, 6.07) is 4.00. The lowest BCUT2D eigenvalue weighted by atomic mass is 9.97. The number of rotatable bonds is 6. The summed E-state index contributed by atoms with van der Waals surface area (Å²) in [6.07, 6.45) is 8.40.